The van der Waals surface area contributed by atoms with Gasteiger partial charge in [-0.25, -0.2) is 9.97 Å². The fourth-order valence-electron chi connectivity index (χ4n) is 1.29. The fourth-order valence-corrected chi connectivity index (χ4v) is 1.96. The zero-order valence-corrected chi connectivity index (χ0v) is 12.1. The highest BCUT2D eigenvalue weighted by Gasteiger charge is 2.25. The molecule has 1 aromatic rings. The Morgan fingerprint density at radius 2 is 2.06 bits per heavy atom. The van der Waals surface area contributed by atoms with Gasteiger partial charge in [0.2, 0.25) is 0 Å². The summed E-state index contributed by atoms with van der Waals surface area (Å²) in [5, 5.41) is 3.04. The predicted octanol–water partition coefficient (Wildman–Crippen LogP) is 2.91. The van der Waals surface area contributed by atoms with Gasteiger partial charge in [0.25, 0.3) is 0 Å². The lowest BCUT2D eigenvalue weighted by atomic mass is 10.0. The highest BCUT2D eigenvalue weighted by Crippen LogP contribution is 2.32. The minimum atomic E-state index is 0.0713. The highest BCUT2D eigenvalue weighted by atomic mass is 79.9. The van der Waals surface area contributed by atoms with Gasteiger partial charge in [0.1, 0.15) is 22.4 Å². The zero-order valence-electron chi connectivity index (χ0n) is 10.5. The van der Waals surface area contributed by atoms with Crippen molar-refractivity contribution < 1.29 is 0 Å². The van der Waals surface area contributed by atoms with Crippen LogP contribution in [0.25, 0.3) is 0 Å². The van der Waals surface area contributed by atoms with Gasteiger partial charge in [-0.15, -0.1) is 0 Å². The van der Waals surface area contributed by atoms with Crippen molar-refractivity contribution in [2.45, 2.75) is 32.7 Å². The lowest BCUT2D eigenvalue weighted by Gasteiger charge is -2.36. The third-order valence-electron chi connectivity index (χ3n) is 3.10. The Hall–Kier alpha value is -0.840. The molecular weight excluding hydrogens is 268 g/mol. The minimum absolute atomic E-state index is 0.0713. The van der Waals surface area contributed by atoms with E-state index in [4.69, 9.17) is 0 Å². The molecule has 0 bridgehead atoms. The molecule has 0 fully saturated rings. The van der Waals surface area contributed by atoms with Gasteiger partial charge in [-0.2, -0.15) is 0 Å². The van der Waals surface area contributed by atoms with E-state index in [-0.39, 0.29) is 5.54 Å². The van der Waals surface area contributed by atoms with E-state index in [0.29, 0.717) is 0 Å². The van der Waals surface area contributed by atoms with E-state index < -0.39 is 0 Å². The summed E-state index contributed by atoms with van der Waals surface area (Å²) in [4.78, 5) is 10.6. The van der Waals surface area contributed by atoms with Crippen molar-refractivity contribution in [2.24, 2.45) is 0 Å². The molecule has 1 aromatic heterocycles. The second-order valence-corrected chi connectivity index (χ2v) is 5.13. The van der Waals surface area contributed by atoms with E-state index in [1.807, 2.05) is 7.05 Å². The van der Waals surface area contributed by atoms with Crippen molar-refractivity contribution in [1.29, 1.82) is 0 Å². The zero-order chi connectivity index (χ0) is 12.3. The van der Waals surface area contributed by atoms with E-state index in [0.717, 1.165) is 22.5 Å². The SMILES string of the molecule is CCC(C)(C)N(C)c1ncnc(NC)c1Br. The maximum atomic E-state index is 4.33. The average Bonchev–Trinajstić information content (AvgIpc) is 2.28. The van der Waals surface area contributed by atoms with Crippen LogP contribution in [0.2, 0.25) is 0 Å². The van der Waals surface area contributed by atoms with Gasteiger partial charge in [-0.3, -0.25) is 0 Å². The largest absolute Gasteiger partial charge is 0.372 e. The molecule has 90 valence electrons. The van der Waals surface area contributed by atoms with E-state index in [2.05, 4.69) is 63.9 Å². The Labute approximate surface area is 106 Å². The van der Waals surface area contributed by atoms with E-state index in [1.165, 1.54) is 0 Å². The van der Waals surface area contributed by atoms with E-state index >= 15 is 0 Å². The lowest BCUT2D eigenvalue weighted by molar-refractivity contribution is 0.466. The van der Waals surface area contributed by atoms with Crippen LogP contribution in [-0.4, -0.2) is 29.6 Å². The molecule has 16 heavy (non-hydrogen) atoms. The molecule has 0 saturated heterocycles. The topological polar surface area (TPSA) is 41.1 Å². The van der Waals surface area contributed by atoms with Crippen LogP contribution in [0, 0.1) is 0 Å². The molecule has 0 aliphatic rings. The van der Waals surface area contributed by atoms with Crippen LogP contribution in [0.3, 0.4) is 0 Å². The fraction of sp³-hybridized carbons (Fsp3) is 0.636. The monoisotopic (exact) mass is 286 g/mol. The molecule has 0 radical (unpaired) electrons. The molecule has 4 nitrogen and oxygen atoms in total. The predicted molar refractivity (Wildman–Crippen MR) is 72.1 cm³/mol. The Morgan fingerprint density at radius 3 is 2.56 bits per heavy atom. The number of nitrogens with zero attached hydrogens (tertiary/aromatic N) is 3. The summed E-state index contributed by atoms with van der Waals surface area (Å²) < 4.78 is 0.904. The first kappa shape index (κ1) is 13.2. The second kappa shape index (κ2) is 4.99. The summed E-state index contributed by atoms with van der Waals surface area (Å²) in [6, 6.07) is 0. The van der Waals surface area contributed by atoms with E-state index in [9.17, 15) is 0 Å². The molecule has 1 N–H and O–H groups in total. The van der Waals surface area contributed by atoms with Gasteiger partial charge in [0, 0.05) is 19.6 Å². The van der Waals surface area contributed by atoms with Crippen LogP contribution in [0.15, 0.2) is 10.8 Å². The molecular formula is C11H19BrN4. The Morgan fingerprint density at radius 1 is 1.44 bits per heavy atom. The summed E-state index contributed by atoms with van der Waals surface area (Å²) in [5.74, 6) is 1.72. The minimum Gasteiger partial charge on any atom is -0.372 e. The van der Waals surface area contributed by atoms with E-state index in [1.54, 1.807) is 6.33 Å². The molecule has 0 aromatic carbocycles. The molecule has 1 heterocycles. The summed E-state index contributed by atoms with van der Waals surface area (Å²) >= 11 is 3.53. The maximum absolute atomic E-state index is 4.33. The number of hydrogen-bond donors (Lipinski definition) is 1. The van der Waals surface area contributed by atoms with Crippen LogP contribution >= 0.6 is 15.9 Å². The van der Waals surface area contributed by atoms with Gasteiger partial charge in [0.05, 0.1) is 0 Å². The maximum Gasteiger partial charge on any atom is 0.148 e. The molecule has 0 atom stereocenters. The molecule has 0 amide bonds. The van der Waals surface area contributed by atoms with Gasteiger partial charge >= 0.3 is 0 Å². The molecule has 0 aliphatic heterocycles. The van der Waals surface area contributed by atoms with Crippen LogP contribution in [0.5, 0.6) is 0 Å². The number of aromatic nitrogens is 2. The Balaban J connectivity index is 3.14. The normalized spacial score (nSPS) is 11.4. The standard InChI is InChI=1S/C11H19BrN4/c1-6-11(2,3)16(5)10-8(12)9(13-4)14-7-15-10/h7H,6H2,1-5H3,(H,13,14,15). The first-order chi connectivity index (χ1) is 7.44. The van der Waals surface area contributed by atoms with Crippen LogP contribution in [-0.2, 0) is 0 Å². The van der Waals surface area contributed by atoms with Crippen LogP contribution in [0.1, 0.15) is 27.2 Å². The molecule has 0 unspecified atom stereocenters. The number of nitrogens with one attached hydrogen (secondary N) is 1. The average molecular weight is 287 g/mol. The van der Waals surface area contributed by atoms with Crippen molar-refractivity contribution in [3.63, 3.8) is 0 Å². The van der Waals surface area contributed by atoms with Crippen molar-refractivity contribution in [3.8, 4) is 0 Å². The second-order valence-electron chi connectivity index (χ2n) is 4.33. The highest BCUT2D eigenvalue weighted by molar-refractivity contribution is 9.10. The summed E-state index contributed by atoms with van der Waals surface area (Å²) in [6.07, 6.45) is 2.63. The number of halogens is 1. The molecule has 1 rings (SSSR count). The third-order valence-corrected chi connectivity index (χ3v) is 3.83. The quantitative estimate of drug-likeness (QED) is 0.924. The van der Waals surface area contributed by atoms with Gasteiger partial charge < -0.3 is 10.2 Å². The number of rotatable bonds is 4. The lowest BCUT2D eigenvalue weighted by Crippen LogP contribution is -2.41. The van der Waals surface area contributed by atoms with Crippen molar-refractivity contribution >= 4 is 27.6 Å². The summed E-state index contributed by atoms with van der Waals surface area (Å²) in [6.45, 7) is 6.56. The van der Waals surface area contributed by atoms with Crippen molar-refractivity contribution in [2.75, 3.05) is 24.3 Å². The number of anilines is 2. The third kappa shape index (κ3) is 2.45. The molecule has 0 spiro atoms. The Bertz CT molecular complexity index is 365. The molecule has 0 aliphatic carbocycles. The first-order valence-corrected chi connectivity index (χ1v) is 6.15. The summed E-state index contributed by atoms with van der Waals surface area (Å²) in [5.41, 5.74) is 0.0713. The molecule has 0 saturated carbocycles. The number of hydrogen-bond acceptors (Lipinski definition) is 4. The van der Waals surface area contributed by atoms with Crippen LogP contribution in [0.4, 0.5) is 11.6 Å². The van der Waals surface area contributed by atoms with Gasteiger partial charge in [0.15, 0.2) is 0 Å². The van der Waals surface area contributed by atoms with Crippen LogP contribution < -0.4 is 10.2 Å². The van der Waals surface area contributed by atoms with Gasteiger partial charge in [-0.05, 0) is 36.2 Å². The van der Waals surface area contributed by atoms with Crippen molar-refractivity contribution in [1.82, 2.24) is 9.97 Å². The van der Waals surface area contributed by atoms with Gasteiger partial charge in [-0.1, -0.05) is 6.92 Å². The first-order valence-electron chi connectivity index (χ1n) is 5.36. The molecule has 5 heteroatoms. The Kier molecular flexibility index (Phi) is 4.13. The smallest absolute Gasteiger partial charge is 0.148 e. The summed E-state index contributed by atoms with van der Waals surface area (Å²) in [7, 11) is 3.90. The van der Waals surface area contributed by atoms with Crippen molar-refractivity contribution in [3.05, 3.63) is 10.8 Å².